The summed E-state index contributed by atoms with van der Waals surface area (Å²) in [7, 11) is 2.10. The number of likely N-dealkylation sites (N-methyl/N-ethyl adjacent to an activating group) is 1. The molecule has 2 aromatic carbocycles. The summed E-state index contributed by atoms with van der Waals surface area (Å²) >= 11 is 0. The molecule has 1 unspecified atom stereocenters. The number of nitrogens with one attached hydrogen (secondary N) is 3. The topological polar surface area (TPSA) is 167 Å². The van der Waals surface area contributed by atoms with E-state index >= 15 is 8.78 Å². The highest BCUT2D eigenvalue weighted by Crippen LogP contribution is 2.37. The van der Waals surface area contributed by atoms with Gasteiger partial charge in [-0.15, -0.1) is 0 Å². The van der Waals surface area contributed by atoms with Crippen molar-refractivity contribution in [1.82, 2.24) is 35.3 Å². The van der Waals surface area contributed by atoms with Crippen LogP contribution in [0.1, 0.15) is 91.5 Å². The third kappa shape index (κ3) is 9.24. The predicted octanol–water partition coefficient (Wildman–Crippen LogP) is 3.77. The molecule has 6 aliphatic rings. The fraction of sp³-hybridized carbons (Fsp3) is 0.553. The van der Waals surface area contributed by atoms with Gasteiger partial charge in [0.25, 0.3) is 11.8 Å². The molecule has 1 aromatic heterocycles. The van der Waals surface area contributed by atoms with Crippen LogP contribution in [0.25, 0.3) is 0 Å². The van der Waals surface area contributed by atoms with E-state index in [0.717, 1.165) is 56.0 Å². The van der Waals surface area contributed by atoms with Gasteiger partial charge < -0.3 is 30.2 Å². The summed E-state index contributed by atoms with van der Waals surface area (Å²) in [6.45, 7) is 10.9. The molecule has 0 saturated carbocycles. The average Bonchev–Trinajstić information content (AvgIpc) is 3.54. The number of carbonyl (C=O) groups is 5. The number of nitrogens with zero attached hydrogens (tertiary/aromatic N) is 8. The average molecular weight is 896 g/mol. The maximum Gasteiger partial charge on any atom is 0.264 e. The molecule has 0 bridgehead atoms. The number of hydrogen-bond donors (Lipinski definition) is 3. The summed E-state index contributed by atoms with van der Waals surface area (Å²) in [5, 5.41) is 8.89. The number of hydrogen-bond acceptors (Lipinski definition) is 13. The van der Waals surface area contributed by atoms with Crippen molar-refractivity contribution >= 4 is 52.5 Å². The number of halogens is 2. The Kier molecular flexibility index (Phi) is 12.2. The second-order valence-corrected chi connectivity index (χ2v) is 19.5. The molecule has 16 nitrogen and oxygen atoms in total. The van der Waals surface area contributed by atoms with E-state index in [4.69, 9.17) is 0 Å². The molecular weight excluding hydrogens is 837 g/mol. The van der Waals surface area contributed by atoms with Gasteiger partial charge in [0.15, 0.2) is 0 Å². The summed E-state index contributed by atoms with van der Waals surface area (Å²) in [4.78, 5) is 85.0. The highest BCUT2D eigenvalue weighted by atomic mass is 19.1. The van der Waals surface area contributed by atoms with Crippen LogP contribution in [0.2, 0.25) is 0 Å². The summed E-state index contributed by atoms with van der Waals surface area (Å²) in [5.41, 5.74) is 1.43. The van der Waals surface area contributed by atoms with E-state index in [2.05, 4.69) is 66.4 Å². The quantitative estimate of drug-likeness (QED) is 0.239. The minimum Gasteiger partial charge on any atom is -0.371 e. The molecule has 0 aliphatic carbocycles. The van der Waals surface area contributed by atoms with Crippen molar-refractivity contribution in [3.8, 4) is 0 Å². The maximum atomic E-state index is 15.7. The van der Waals surface area contributed by atoms with Crippen molar-refractivity contribution < 1.29 is 32.8 Å². The number of aromatic nitrogens is 2. The second-order valence-electron chi connectivity index (χ2n) is 19.5. The Bertz CT molecular complexity index is 2360. The number of likely N-dealkylation sites (tertiary alicyclic amines) is 1. The first-order valence-corrected chi connectivity index (χ1v) is 23.0. The first-order valence-electron chi connectivity index (χ1n) is 23.0. The van der Waals surface area contributed by atoms with Crippen LogP contribution in [0.3, 0.4) is 0 Å². The Balaban J connectivity index is 0.747. The molecule has 1 spiro atoms. The lowest BCUT2D eigenvalue weighted by Gasteiger charge is -2.48. The van der Waals surface area contributed by atoms with Crippen LogP contribution in [-0.2, 0) is 20.9 Å². The predicted molar refractivity (Wildman–Crippen MR) is 241 cm³/mol. The van der Waals surface area contributed by atoms with Crippen molar-refractivity contribution in [3.63, 3.8) is 0 Å². The summed E-state index contributed by atoms with van der Waals surface area (Å²) in [5.74, 6) is -1.73. The van der Waals surface area contributed by atoms with Gasteiger partial charge in [-0.3, -0.25) is 39.1 Å². The highest BCUT2D eigenvalue weighted by Gasteiger charge is 2.47. The molecule has 346 valence electrons. The van der Waals surface area contributed by atoms with E-state index in [9.17, 15) is 24.0 Å². The molecular formula is C47H59F2N11O5. The van der Waals surface area contributed by atoms with Crippen molar-refractivity contribution in [2.75, 3.05) is 92.5 Å². The molecule has 9 rings (SSSR count). The third-order valence-corrected chi connectivity index (χ3v) is 14.6. The number of piperazine rings is 1. The fourth-order valence-corrected chi connectivity index (χ4v) is 10.6. The number of benzene rings is 2. The van der Waals surface area contributed by atoms with Crippen LogP contribution in [-0.4, -0.2) is 144 Å². The lowest BCUT2D eigenvalue weighted by atomic mass is 9.82. The molecule has 3 N–H and O–H groups in total. The van der Waals surface area contributed by atoms with Gasteiger partial charge in [-0.2, -0.15) is 0 Å². The zero-order valence-corrected chi connectivity index (χ0v) is 37.5. The van der Waals surface area contributed by atoms with Gasteiger partial charge in [-0.25, -0.2) is 18.7 Å². The molecule has 65 heavy (non-hydrogen) atoms. The summed E-state index contributed by atoms with van der Waals surface area (Å²) in [6.07, 6.45) is 6.69. The van der Waals surface area contributed by atoms with E-state index in [1.165, 1.54) is 12.1 Å². The van der Waals surface area contributed by atoms with Gasteiger partial charge >= 0.3 is 0 Å². The Labute approximate surface area is 378 Å². The van der Waals surface area contributed by atoms with Crippen LogP contribution in [0.5, 0.6) is 0 Å². The summed E-state index contributed by atoms with van der Waals surface area (Å²) in [6, 6.07) is 9.04. The summed E-state index contributed by atoms with van der Waals surface area (Å²) < 4.78 is 31.2. The third-order valence-electron chi connectivity index (χ3n) is 14.6. The zero-order valence-electron chi connectivity index (χ0n) is 37.5. The first kappa shape index (κ1) is 44.5. The van der Waals surface area contributed by atoms with Crippen molar-refractivity contribution in [3.05, 3.63) is 71.1 Å². The Morgan fingerprint density at radius 3 is 2.31 bits per heavy atom. The molecule has 5 amide bonds. The number of anilines is 4. The molecule has 1 atom stereocenters. The standard InChI is InChI=1S/C47H59F2N11O5/c1-46(2)11-18-56(19-12-46)26-30-23-34(49)37(24-33(30)48)59-27-41(62)54-47(28-59)13-20-58(21-14-47)39-25-38(51-29-52-39)50-15-22-55(3)31-9-16-57(17-10-31)35-6-4-5-32-42(35)45(65)60(44(32)64)36-7-8-40(61)53-43(36)63/h4-6,23-25,29,31,36H,7-22,26-28H2,1-3H3,(H,54,62)(H,50,51,52)(H,53,61,63). The van der Waals surface area contributed by atoms with Crippen LogP contribution < -0.4 is 30.7 Å². The van der Waals surface area contributed by atoms with Crippen molar-refractivity contribution in [2.45, 2.75) is 89.4 Å². The monoisotopic (exact) mass is 895 g/mol. The van der Waals surface area contributed by atoms with Crippen LogP contribution in [0, 0.1) is 17.0 Å². The van der Waals surface area contributed by atoms with Crippen molar-refractivity contribution in [1.29, 1.82) is 0 Å². The van der Waals surface area contributed by atoms with Crippen molar-refractivity contribution in [2.24, 2.45) is 5.41 Å². The SMILES string of the molecule is CN(CCNc1cc(N2CCC3(CC2)CN(c2cc(F)c(CN4CCC(C)(C)CC4)cc2F)CC(=O)N3)ncn1)C1CCN(c2cccc3c2C(=O)N(C2CCC(=O)NC2=O)C3=O)CC1. The second kappa shape index (κ2) is 17.9. The Hall–Kier alpha value is -5.75. The van der Waals surface area contributed by atoms with E-state index in [0.29, 0.717) is 87.3 Å². The smallest absolute Gasteiger partial charge is 0.264 e. The number of amides is 5. The largest absolute Gasteiger partial charge is 0.371 e. The lowest BCUT2D eigenvalue weighted by molar-refractivity contribution is -0.136. The normalized spacial score (nSPS) is 22.7. The number of imide groups is 2. The van der Waals surface area contributed by atoms with E-state index < -0.39 is 46.8 Å². The fourth-order valence-electron chi connectivity index (χ4n) is 10.6. The number of carbonyl (C=O) groups excluding carboxylic acids is 5. The van der Waals surface area contributed by atoms with Gasteiger partial charge in [-0.05, 0) is 88.7 Å². The first-order chi connectivity index (χ1) is 31.2. The lowest BCUT2D eigenvalue weighted by Crippen LogP contribution is -2.66. The number of fused-ring (bicyclic) bond motifs is 1. The number of rotatable bonds is 11. The van der Waals surface area contributed by atoms with Gasteiger partial charge in [0.2, 0.25) is 17.7 Å². The van der Waals surface area contributed by atoms with Crippen LogP contribution >= 0.6 is 0 Å². The molecule has 7 heterocycles. The van der Waals surface area contributed by atoms with Gasteiger partial charge in [0.05, 0.1) is 34.6 Å². The minimum atomic E-state index is -1.01. The van der Waals surface area contributed by atoms with Crippen LogP contribution in [0.4, 0.5) is 31.8 Å². The minimum absolute atomic E-state index is 0.0347. The van der Waals surface area contributed by atoms with E-state index in [1.54, 1.807) is 23.4 Å². The molecule has 3 aromatic rings. The zero-order chi connectivity index (χ0) is 45.6. The highest BCUT2D eigenvalue weighted by molar-refractivity contribution is 6.25. The Morgan fingerprint density at radius 1 is 0.815 bits per heavy atom. The van der Waals surface area contributed by atoms with Crippen LogP contribution in [0.15, 0.2) is 42.7 Å². The van der Waals surface area contributed by atoms with Gasteiger partial charge in [-0.1, -0.05) is 19.9 Å². The van der Waals surface area contributed by atoms with E-state index in [-0.39, 0.29) is 42.0 Å². The van der Waals surface area contributed by atoms with Gasteiger partial charge in [0, 0.05) is 82.5 Å². The Morgan fingerprint density at radius 2 is 1.57 bits per heavy atom. The molecule has 5 saturated heterocycles. The van der Waals surface area contributed by atoms with Gasteiger partial charge in [0.1, 0.15) is 35.6 Å². The molecule has 0 radical (unpaired) electrons. The maximum absolute atomic E-state index is 15.7. The molecule has 5 fully saturated rings. The number of piperidine rings is 4. The molecule has 18 heteroatoms. The molecule has 6 aliphatic heterocycles. The van der Waals surface area contributed by atoms with E-state index in [1.807, 2.05) is 12.1 Å².